The van der Waals surface area contributed by atoms with Crippen LogP contribution >= 0.6 is 0 Å². The molecule has 0 unspecified atom stereocenters. The quantitative estimate of drug-likeness (QED) is 0.656. The van der Waals surface area contributed by atoms with Crippen molar-refractivity contribution in [3.05, 3.63) is 65.7 Å². The van der Waals surface area contributed by atoms with E-state index in [0.29, 0.717) is 11.3 Å². The zero-order valence-corrected chi connectivity index (χ0v) is 12.9. The van der Waals surface area contributed by atoms with Crippen molar-refractivity contribution >= 4 is 11.6 Å². The first-order chi connectivity index (χ1) is 10.7. The minimum absolute atomic E-state index is 0.238. The number of nitrogens with zero attached hydrogens (tertiary/aromatic N) is 1. The Hall–Kier alpha value is -2.62. The number of rotatable bonds is 6. The molecule has 0 bridgehead atoms. The van der Waals surface area contributed by atoms with Crippen LogP contribution in [0, 0.1) is 0 Å². The molecule has 114 valence electrons. The maximum absolute atomic E-state index is 12.0. The highest BCUT2D eigenvalue weighted by molar-refractivity contribution is 5.95. The zero-order valence-electron chi connectivity index (χ0n) is 12.9. The molecule has 0 atom stereocenters. The number of hydrogen-bond donors (Lipinski definition) is 1. The molecule has 0 aliphatic heterocycles. The summed E-state index contributed by atoms with van der Waals surface area (Å²) in [6, 6.07) is 17.2. The lowest BCUT2D eigenvalue weighted by Crippen LogP contribution is -2.19. The average Bonchev–Trinajstić information content (AvgIpc) is 2.58. The van der Waals surface area contributed by atoms with Crippen LogP contribution in [-0.4, -0.2) is 18.7 Å². The van der Waals surface area contributed by atoms with Crippen molar-refractivity contribution in [3.63, 3.8) is 0 Å². The van der Waals surface area contributed by atoms with Crippen LogP contribution in [0.3, 0.4) is 0 Å². The normalized spacial score (nSPS) is 11.1. The molecule has 0 aliphatic carbocycles. The van der Waals surface area contributed by atoms with Crippen molar-refractivity contribution < 1.29 is 9.53 Å². The highest BCUT2D eigenvalue weighted by atomic mass is 16.5. The summed E-state index contributed by atoms with van der Waals surface area (Å²) in [6.45, 7) is 1.91. The van der Waals surface area contributed by atoms with E-state index < -0.39 is 0 Å². The molecule has 0 aromatic heterocycles. The van der Waals surface area contributed by atoms with Gasteiger partial charge in [0.2, 0.25) is 0 Å². The van der Waals surface area contributed by atoms with Crippen molar-refractivity contribution in [3.8, 4) is 5.75 Å². The van der Waals surface area contributed by atoms with Gasteiger partial charge in [0.15, 0.2) is 0 Å². The van der Waals surface area contributed by atoms with Gasteiger partial charge in [0, 0.05) is 11.3 Å². The Bertz CT molecular complexity index is 651. The molecule has 2 rings (SSSR count). The Kier molecular flexibility index (Phi) is 5.72. The van der Waals surface area contributed by atoms with E-state index in [-0.39, 0.29) is 5.91 Å². The Labute approximate surface area is 130 Å². The number of hydrazone groups is 1. The molecule has 2 aromatic carbocycles. The average molecular weight is 296 g/mol. The largest absolute Gasteiger partial charge is 0.497 e. The summed E-state index contributed by atoms with van der Waals surface area (Å²) in [5.41, 5.74) is 5.26. The van der Waals surface area contributed by atoms with Crippen LogP contribution in [0.4, 0.5) is 0 Å². The fourth-order valence-electron chi connectivity index (χ4n) is 2.00. The van der Waals surface area contributed by atoms with E-state index in [1.54, 1.807) is 31.4 Å². The molecule has 0 heterocycles. The fourth-order valence-corrected chi connectivity index (χ4v) is 2.00. The van der Waals surface area contributed by atoms with Crippen molar-refractivity contribution in [1.29, 1.82) is 0 Å². The Morgan fingerprint density at radius 1 is 1.14 bits per heavy atom. The molecule has 22 heavy (non-hydrogen) atoms. The number of ether oxygens (including phenoxy) is 1. The third-order valence-corrected chi connectivity index (χ3v) is 3.30. The minimum Gasteiger partial charge on any atom is -0.497 e. The molecule has 0 fully saturated rings. The van der Waals surface area contributed by atoms with Crippen molar-refractivity contribution in [2.45, 2.75) is 19.8 Å². The summed E-state index contributed by atoms with van der Waals surface area (Å²) in [4.78, 5) is 12.0. The lowest BCUT2D eigenvalue weighted by molar-refractivity contribution is 0.0954. The van der Waals surface area contributed by atoms with Gasteiger partial charge in [-0.15, -0.1) is 0 Å². The molecule has 0 saturated heterocycles. The topological polar surface area (TPSA) is 50.7 Å². The SMILES string of the molecule is COc1cccc(C(=O)N/N=C(/C)CCc2ccccc2)c1. The molecular weight excluding hydrogens is 276 g/mol. The van der Waals surface area contributed by atoms with E-state index in [1.807, 2.05) is 25.1 Å². The Morgan fingerprint density at radius 3 is 2.64 bits per heavy atom. The molecule has 0 saturated carbocycles. The number of benzene rings is 2. The summed E-state index contributed by atoms with van der Waals surface area (Å²) in [6.07, 6.45) is 1.72. The second-order valence-electron chi connectivity index (χ2n) is 5.01. The predicted molar refractivity (Wildman–Crippen MR) is 88.3 cm³/mol. The van der Waals surface area contributed by atoms with E-state index in [0.717, 1.165) is 18.6 Å². The van der Waals surface area contributed by atoms with Gasteiger partial charge in [0.05, 0.1) is 7.11 Å². The van der Waals surface area contributed by atoms with Gasteiger partial charge in [-0.3, -0.25) is 4.79 Å². The summed E-state index contributed by atoms with van der Waals surface area (Å²) in [5, 5.41) is 4.15. The third-order valence-electron chi connectivity index (χ3n) is 3.30. The van der Waals surface area contributed by atoms with Crippen molar-refractivity contribution in [2.75, 3.05) is 7.11 Å². The Morgan fingerprint density at radius 2 is 1.91 bits per heavy atom. The maximum atomic E-state index is 12.0. The standard InChI is InChI=1S/C18H20N2O2/c1-14(11-12-15-7-4-3-5-8-15)19-20-18(21)16-9-6-10-17(13-16)22-2/h3-10,13H,11-12H2,1-2H3,(H,20,21)/b19-14-. The number of carbonyl (C=O) groups excluding carboxylic acids is 1. The highest BCUT2D eigenvalue weighted by Crippen LogP contribution is 2.12. The maximum Gasteiger partial charge on any atom is 0.271 e. The van der Waals surface area contributed by atoms with E-state index in [4.69, 9.17) is 4.74 Å². The van der Waals surface area contributed by atoms with E-state index >= 15 is 0 Å². The van der Waals surface area contributed by atoms with Crippen LogP contribution < -0.4 is 10.2 Å². The lowest BCUT2D eigenvalue weighted by atomic mass is 10.1. The molecule has 4 nitrogen and oxygen atoms in total. The predicted octanol–water partition coefficient (Wildman–Crippen LogP) is 3.43. The van der Waals surface area contributed by atoms with Crippen LogP contribution in [0.5, 0.6) is 5.75 Å². The number of hydrogen-bond acceptors (Lipinski definition) is 3. The molecule has 0 aliphatic rings. The first-order valence-electron chi connectivity index (χ1n) is 7.20. The van der Waals surface area contributed by atoms with Crippen LogP contribution in [0.1, 0.15) is 29.3 Å². The van der Waals surface area contributed by atoms with Gasteiger partial charge in [-0.25, -0.2) is 5.43 Å². The smallest absolute Gasteiger partial charge is 0.271 e. The minimum atomic E-state index is -0.238. The van der Waals surface area contributed by atoms with Gasteiger partial charge in [-0.05, 0) is 43.5 Å². The van der Waals surface area contributed by atoms with Crippen LogP contribution in [0.15, 0.2) is 59.7 Å². The molecule has 0 spiro atoms. The van der Waals surface area contributed by atoms with Gasteiger partial charge in [0.1, 0.15) is 5.75 Å². The summed E-state index contributed by atoms with van der Waals surface area (Å²) < 4.78 is 5.10. The molecule has 0 radical (unpaired) electrons. The van der Waals surface area contributed by atoms with Crippen molar-refractivity contribution in [1.82, 2.24) is 5.43 Å². The highest BCUT2D eigenvalue weighted by Gasteiger charge is 2.05. The zero-order chi connectivity index (χ0) is 15.8. The van der Waals surface area contributed by atoms with Crippen LogP contribution in [0.25, 0.3) is 0 Å². The number of nitrogens with one attached hydrogen (secondary N) is 1. The second kappa shape index (κ2) is 7.98. The lowest BCUT2D eigenvalue weighted by Gasteiger charge is -2.05. The van der Waals surface area contributed by atoms with Gasteiger partial charge >= 0.3 is 0 Å². The molecule has 1 amide bonds. The van der Waals surface area contributed by atoms with Gasteiger partial charge in [0.25, 0.3) is 5.91 Å². The third kappa shape index (κ3) is 4.74. The number of carbonyl (C=O) groups is 1. The summed E-state index contributed by atoms with van der Waals surface area (Å²) in [7, 11) is 1.57. The Balaban J connectivity index is 1.88. The molecule has 2 aromatic rings. The van der Waals surface area contributed by atoms with Crippen LogP contribution in [0.2, 0.25) is 0 Å². The fraction of sp³-hybridized carbons (Fsp3) is 0.222. The van der Waals surface area contributed by atoms with Crippen LogP contribution in [-0.2, 0) is 6.42 Å². The van der Waals surface area contributed by atoms with Gasteiger partial charge in [-0.1, -0.05) is 36.4 Å². The monoisotopic (exact) mass is 296 g/mol. The van der Waals surface area contributed by atoms with Gasteiger partial charge < -0.3 is 4.74 Å². The molecular formula is C18H20N2O2. The number of amides is 1. The van der Waals surface area contributed by atoms with E-state index in [2.05, 4.69) is 22.7 Å². The second-order valence-corrected chi connectivity index (χ2v) is 5.01. The van der Waals surface area contributed by atoms with E-state index in [1.165, 1.54) is 5.56 Å². The number of methoxy groups -OCH3 is 1. The van der Waals surface area contributed by atoms with Gasteiger partial charge in [-0.2, -0.15) is 5.10 Å². The molecule has 1 N–H and O–H groups in total. The first-order valence-corrected chi connectivity index (χ1v) is 7.20. The van der Waals surface area contributed by atoms with Crippen molar-refractivity contribution in [2.24, 2.45) is 5.10 Å². The number of aryl methyl sites for hydroxylation is 1. The van der Waals surface area contributed by atoms with E-state index in [9.17, 15) is 4.79 Å². The summed E-state index contributed by atoms with van der Waals surface area (Å²) in [5.74, 6) is 0.412. The molecule has 4 heteroatoms. The summed E-state index contributed by atoms with van der Waals surface area (Å²) >= 11 is 0. The first kappa shape index (κ1) is 15.8.